The largest absolute Gasteiger partial charge is 0.493 e. The Bertz CT molecular complexity index is 1990. The van der Waals surface area contributed by atoms with E-state index in [9.17, 15) is 22.8 Å². The second kappa shape index (κ2) is 13.6. The third kappa shape index (κ3) is 7.08. The number of hydrogen-bond acceptors (Lipinski definition) is 7. The highest BCUT2D eigenvalue weighted by molar-refractivity contribution is 14.1. The van der Waals surface area contributed by atoms with Gasteiger partial charge in [0.25, 0.3) is 5.56 Å². The number of rotatable bonds is 8. The summed E-state index contributed by atoms with van der Waals surface area (Å²) in [4.78, 5) is 30.6. The number of nitrogens with zero attached hydrogens (tertiary/aromatic N) is 2. The maximum atomic E-state index is 14.4. The average molecular weight is 789 g/mol. The lowest BCUT2D eigenvalue weighted by atomic mass is 9.95. The number of esters is 1. The Hall–Kier alpha value is -3.33. The van der Waals surface area contributed by atoms with Gasteiger partial charge in [-0.2, -0.15) is 13.2 Å². The fraction of sp³-hybridized carbons (Fsp3) is 0.194. The van der Waals surface area contributed by atoms with Crippen LogP contribution in [0, 0.1) is 3.57 Å². The summed E-state index contributed by atoms with van der Waals surface area (Å²) in [5.41, 5.74) is -1.46. The van der Waals surface area contributed by atoms with Gasteiger partial charge in [-0.3, -0.25) is 9.36 Å². The van der Waals surface area contributed by atoms with Crippen LogP contribution in [0.3, 0.4) is 0 Å². The van der Waals surface area contributed by atoms with Gasteiger partial charge in [0.05, 0.1) is 29.9 Å². The summed E-state index contributed by atoms with van der Waals surface area (Å²) in [6, 6.07) is 14.9. The molecule has 0 saturated carbocycles. The van der Waals surface area contributed by atoms with Gasteiger partial charge in [0.15, 0.2) is 22.0 Å². The zero-order valence-corrected chi connectivity index (χ0v) is 27.9. The first-order valence-corrected chi connectivity index (χ1v) is 15.9. The number of alkyl halides is 3. The molecule has 0 radical (unpaired) electrons. The molecule has 5 rings (SSSR count). The highest BCUT2D eigenvalue weighted by atomic mass is 127. The second-order valence-corrected chi connectivity index (χ2v) is 12.7. The minimum Gasteiger partial charge on any atom is -0.493 e. The number of carbonyl (C=O) groups excluding carboxylic acids is 1. The van der Waals surface area contributed by atoms with E-state index in [0.717, 1.165) is 25.0 Å². The fourth-order valence-corrected chi connectivity index (χ4v) is 6.68. The van der Waals surface area contributed by atoms with E-state index in [0.29, 0.717) is 27.1 Å². The van der Waals surface area contributed by atoms with E-state index in [1.165, 1.54) is 44.4 Å². The van der Waals surface area contributed by atoms with E-state index in [-0.39, 0.29) is 28.1 Å². The molecule has 14 heteroatoms. The Morgan fingerprint density at radius 2 is 1.84 bits per heavy atom. The normalized spacial score (nSPS) is 15.0. The zero-order chi connectivity index (χ0) is 32.5. The van der Waals surface area contributed by atoms with Crippen molar-refractivity contribution < 1.29 is 32.2 Å². The Labute approximate surface area is 282 Å². The molecule has 2 heterocycles. The molecule has 1 aliphatic rings. The predicted octanol–water partition coefficient (Wildman–Crippen LogP) is 6.84. The summed E-state index contributed by atoms with van der Waals surface area (Å²) >= 11 is 15.0. The maximum Gasteiger partial charge on any atom is 0.434 e. The number of benzene rings is 3. The number of aromatic nitrogens is 1. The Balaban J connectivity index is 1.73. The minimum absolute atomic E-state index is 0.0519. The van der Waals surface area contributed by atoms with Crippen molar-refractivity contribution in [1.29, 1.82) is 0 Å². The molecule has 0 bridgehead atoms. The van der Waals surface area contributed by atoms with Crippen molar-refractivity contribution in [2.75, 3.05) is 13.7 Å². The van der Waals surface area contributed by atoms with Crippen LogP contribution in [0.15, 0.2) is 81.7 Å². The first kappa shape index (κ1) is 33.0. The summed E-state index contributed by atoms with van der Waals surface area (Å²) in [5, 5.41) is 0.851. The van der Waals surface area contributed by atoms with Crippen LogP contribution in [0.25, 0.3) is 6.08 Å². The van der Waals surface area contributed by atoms with E-state index in [1.807, 2.05) is 6.07 Å². The van der Waals surface area contributed by atoms with Gasteiger partial charge >= 0.3 is 12.1 Å². The Morgan fingerprint density at radius 1 is 1.11 bits per heavy atom. The zero-order valence-electron chi connectivity index (χ0n) is 23.5. The Morgan fingerprint density at radius 3 is 2.49 bits per heavy atom. The summed E-state index contributed by atoms with van der Waals surface area (Å²) in [6.07, 6.45) is -3.52. The van der Waals surface area contributed by atoms with E-state index in [1.54, 1.807) is 30.3 Å². The van der Waals surface area contributed by atoms with Crippen LogP contribution in [0.2, 0.25) is 10.0 Å². The number of halogens is 6. The molecule has 3 aromatic carbocycles. The van der Waals surface area contributed by atoms with E-state index < -0.39 is 35.0 Å². The van der Waals surface area contributed by atoms with E-state index in [4.69, 9.17) is 37.4 Å². The predicted molar refractivity (Wildman–Crippen MR) is 174 cm³/mol. The topological polar surface area (TPSA) is 79.1 Å². The van der Waals surface area contributed by atoms with Gasteiger partial charge in [0.1, 0.15) is 6.61 Å². The molecular formula is C31H22Cl2F3IN2O5S. The lowest BCUT2D eigenvalue weighted by Crippen LogP contribution is -2.41. The van der Waals surface area contributed by atoms with Gasteiger partial charge in [-0.05, 0) is 83.1 Å². The number of hydrogen-bond donors (Lipinski definition) is 0. The standard InChI is InChI=1S/C31H22Cl2F3IN2O5S/c1-3-43-29(41)24-25(17-7-9-19(32)10-8-17)39-28(40)23(45-30(39)38-27(24)31(34,35)36)13-18-12-21(37)14-22(42-2)26(18)44-15-16-5-4-6-20(33)11-16/h4-14,25H,3,15H2,1-2H3/b23-13-/t25-/m0/s1. The van der Waals surface area contributed by atoms with Crippen molar-refractivity contribution in [3.05, 3.63) is 122 Å². The van der Waals surface area contributed by atoms with Crippen molar-refractivity contribution in [3.63, 3.8) is 0 Å². The summed E-state index contributed by atoms with van der Waals surface area (Å²) in [6.45, 7) is 1.41. The second-order valence-electron chi connectivity index (χ2n) is 9.56. The molecule has 0 amide bonds. The molecule has 1 atom stereocenters. The minimum atomic E-state index is -5.02. The quantitative estimate of drug-likeness (QED) is 0.145. The van der Waals surface area contributed by atoms with Crippen LogP contribution in [0.1, 0.15) is 29.7 Å². The summed E-state index contributed by atoms with van der Waals surface area (Å²) < 4.78 is 61.8. The average Bonchev–Trinajstić information content (AvgIpc) is 3.30. The fourth-order valence-electron chi connectivity index (χ4n) is 4.73. The molecule has 7 nitrogen and oxygen atoms in total. The molecule has 4 aromatic rings. The number of methoxy groups -OCH3 is 1. The van der Waals surface area contributed by atoms with Gasteiger partial charge in [-0.15, -0.1) is 0 Å². The van der Waals surface area contributed by atoms with Crippen molar-refractivity contribution in [2.24, 2.45) is 4.99 Å². The number of ether oxygens (including phenoxy) is 3. The van der Waals surface area contributed by atoms with Crippen LogP contribution < -0.4 is 24.4 Å². The number of allylic oxidation sites excluding steroid dienone is 1. The molecule has 1 aromatic heterocycles. The lowest BCUT2D eigenvalue weighted by molar-refractivity contribution is -0.140. The molecule has 45 heavy (non-hydrogen) atoms. The van der Waals surface area contributed by atoms with Crippen LogP contribution >= 0.6 is 57.1 Å². The molecule has 0 aliphatic carbocycles. The molecule has 0 unspecified atom stereocenters. The highest BCUT2D eigenvalue weighted by Gasteiger charge is 2.45. The smallest absolute Gasteiger partial charge is 0.434 e. The van der Waals surface area contributed by atoms with E-state index >= 15 is 0 Å². The first-order valence-electron chi connectivity index (χ1n) is 13.2. The highest BCUT2D eigenvalue weighted by Crippen LogP contribution is 2.39. The van der Waals surface area contributed by atoms with Crippen LogP contribution in [0.4, 0.5) is 13.2 Å². The maximum absolute atomic E-state index is 14.4. The molecule has 1 aliphatic heterocycles. The summed E-state index contributed by atoms with van der Waals surface area (Å²) in [7, 11) is 1.47. The lowest BCUT2D eigenvalue weighted by Gasteiger charge is -2.26. The van der Waals surface area contributed by atoms with Crippen LogP contribution in [-0.2, 0) is 16.1 Å². The van der Waals surface area contributed by atoms with Crippen LogP contribution in [-0.4, -0.2) is 30.4 Å². The van der Waals surface area contributed by atoms with Crippen LogP contribution in [0.5, 0.6) is 11.5 Å². The van der Waals surface area contributed by atoms with Crippen molar-refractivity contribution in [2.45, 2.75) is 25.7 Å². The van der Waals surface area contributed by atoms with Gasteiger partial charge in [0.2, 0.25) is 0 Å². The van der Waals surface area contributed by atoms with Crippen molar-refractivity contribution in [3.8, 4) is 11.5 Å². The molecule has 0 spiro atoms. The third-order valence-electron chi connectivity index (χ3n) is 6.61. The number of carbonyl (C=O) groups is 1. The molecule has 0 saturated heterocycles. The number of fused-ring (bicyclic) bond motifs is 1. The molecule has 234 valence electrons. The van der Waals surface area contributed by atoms with Crippen molar-refractivity contribution in [1.82, 2.24) is 4.57 Å². The molecule has 0 N–H and O–H groups in total. The van der Waals surface area contributed by atoms with Gasteiger partial charge in [0, 0.05) is 19.2 Å². The van der Waals surface area contributed by atoms with Gasteiger partial charge in [-0.1, -0.05) is 58.8 Å². The van der Waals surface area contributed by atoms with Gasteiger partial charge < -0.3 is 14.2 Å². The molecular weight excluding hydrogens is 767 g/mol. The Kier molecular flexibility index (Phi) is 9.97. The molecule has 0 fully saturated rings. The van der Waals surface area contributed by atoms with E-state index in [2.05, 4.69) is 27.6 Å². The first-order chi connectivity index (χ1) is 21.4. The number of thiazole rings is 1. The summed E-state index contributed by atoms with van der Waals surface area (Å²) in [5.74, 6) is -0.547. The van der Waals surface area contributed by atoms with Gasteiger partial charge in [-0.25, -0.2) is 9.79 Å². The third-order valence-corrected chi connectivity index (χ3v) is 8.70. The monoisotopic (exact) mass is 788 g/mol. The van der Waals surface area contributed by atoms with Crippen molar-refractivity contribution >= 4 is 69.2 Å². The SMILES string of the molecule is CCOC(=O)C1=C(C(F)(F)F)N=c2s/c(=C\c3cc(I)cc(OC)c3OCc3cccc(Cl)c3)c(=O)n2[C@H]1c1ccc(Cl)cc1.